The molecular weight excluding hydrogens is 562 g/mol. The van der Waals surface area contributed by atoms with Gasteiger partial charge in [0.25, 0.3) is 11.5 Å². The fourth-order valence-electron chi connectivity index (χ4n) is 4.50. The van der Waals surface area contributed by atoms with Crippen molar-refractivity contribution >= 4 is 45.6 Å². The monoisotopic (exact) mass is 585 g/mol. The molecule has 212 valence electrons. The van der Waals surface area contributed by atoms with Crippen LogP contribution in [0.5, 0.6) is 5.75 Å². The van der Waals surface area contributed by atoms with Crippen molar-refractivity contribution < 1.29 is 33.9 Å². The highest BCUT2D eigenvalue weighted by Gasteiger charge is 2.48. The summed E-state index contributed by atoms with van der Waals surface area (Å²) in [5.74, 6) is -2.54. The topological polar surface area (TPSA) is 149 Å². The highest BCUT2D eigenvalue weighted by atomic mass is 32.1. The molecule has 12 heteroatoms. The number of aliphatic hydroxyl groups excluding tert-OH is 1. The van der Waals surface area contributed by atoms with Crippen LogP contribution in [0.4, 0.5) is 10.8 Å². The Morgan fingerprint density at radius 3 is 2.33 bits per heavy atom. The number of benzene rings is 3. The summed E-state index contributed by atoms with van der Waals surface area (Å²) in [5.41, 5.74) is 1.39. The van der Waals surface area contributed by atoms with Crippen molar-refractivity contribution in [3.63, 3.8) is 0 Å². The Kier molecular flexibility index (Phi) is 7.80. The number of aliphatic hydroxyl groups is 1. The van der Waals surface area contributed by atoms with Gasteiger partial charge in [-0.2, -0.15) is 0 Å². The summed E-state index contributed by atoms with van der Waals surface area (Å²) in [6, 6.07) is 20.0. The highest BCUT2D eigenvalue weighted by molar-refractivity contribution is 7.17. The number of anilines is 1. The number of ketones is 1. The minimum atomic E-state index is -1.18. The Balaban J connectivity index is 1.56. The van der Waals surface area contributed by atoms with E-state index in [-0.39, 0.29) is 32.5 Å². The molecule has 3 aromatic carbocycles. The van der Waals surface area contributed by atoms with Crippen molar-refractivity contribution in [3.05, 3.63) is 122 Å². The van der Waals surface area contributed by atoms with Crippen LogP contribution < -0.4 is 9.64 Å². The van der Waals surface area contributed by atoms with Crippen molar-refractivity contribution in [3.8, 4) is 5.75 Å². The Morgan fingerprint density at radius 1 is 1.05 bits per heavy atom. The van der Waals surface area contributed by atoms with Crippen LogP contribution in [0.25, 0.3) is 5.76 Å². The van der Waals surface area contributed by atoms with E-state index in [1.165, 1.54) is 31.4 Å². The maximum absolute atomic E-state index is 13.4. The molecule has 1 saturated heterocycles. The quantitative estimate of drug-likeness (QED) is 0.0721. The third kappa shape index (κ3) is 5.34. The first kappa shape index (κ1) is 28.2. The van der Waals surface area contributed by atoms with Gasteiger partial charge in [0.1, 0.15) is 23.0 Å². The van der Waals surface area contributed by atoms with Gasteiger partial charge in [0.2, 0.25) is 0 Å². The Labute approximate surface area is 243 Å². The second-order valence-corrected chi connectivity index (χ2v) is 10.2. The summed E-state index contributed by atoms with van der Waals surface area (Å²) in [5, 5.41) is 22.6. The van der Waals surface area contributed by atoms with E-state index in [1.54, 1.807) is 31.2 Å². The molecule has 0 spiro atoms. The first-order valence-electron chi connectivity index (χ1n) is 12.6. The predicted molar refractivity (Wildman–Crippen MR) is 153 cm³/mol. The molecule has 4 aromatic rings. The zero-order valence-electron chi connectivity index (χ0n) is 22.3. The number of non-ortho nitro benzene ring substituents is 1. The third-order valence-electron chi connectivity index (χ3n) is 6.60. The van der Waals surface area contributed by atoms with Crippen LogP contribution in [-0.4, -0.2) is 39.8 Å². The molecule has 5 rings (SSSR count). The van der Waals surface area contributed by atoms with Gasteiger partial charge in [0.15, 0.2) is 5.13 Å². The summed E-state index contributed by atoms with van der Waals surface area (Å²) in [6.45, 7) is 1.89. The molecule has 1 amide bonds. The average Bonchev–Trinajstić information content (AvgIpc) is 3.52. The number of nitro benzene ring substituents is 1. The second kappa shape index (κ2) is 11.6. The van der Waals surface area contributed by atoms with Gasteiger partial charge in [-0.3, -0.25) is 24.6 Å². The van der Waals surface area contributed by atoms with E-state index >= 15 is 0 Å². The zero-order valence-corrected chi connectivity index (χ0v) is 23.2. The van der Waals surface area contributed by atoms with E-state index in [1.807, 2.05) is 30.3 Å². The van der Waals surface area contributed by atoms with Crippen LogP contribution in [0, 0.1) is 17.0 Å². The van der Waals surface area contributed by atoms with Gasteiger partial charge in [0, 0.05) is 17.7 Å². The van der Waals surface area contributed by atoms with Gasteiger partial charge >= 0.3 is 11.9 Å². The third-order valence-corrected chi connectivity index (χ3v) is 7.74. The number of hydrogen-bond acceptors (Lipinski definition) is 10. The van der Waals surface area contributed by atoms with E-state index in [4.69, 9.17) is 9.47 Å². The fraction of sp³-hybridized carbons (Fsp3) is 0.133. The SMILES string of the molecule is COC(=O)c1sc(N2C(=O)C(=O)/C(=C(/O)c3ccc(OCc4ccccc4)cc3)C2c2ccc([N+](=O)[O-])cc2)nc1C. The predicted octanol–water partition coefficient (Wildman–Crippen LogP) is 5.35. The highest BCUT2D eigenvalue weighted by Crippen LogP contribution is 2.44. The minimum Gasteiger partial charge on any atom is -0.507 e. The van der Waals surface area contributed by atoms with Gasteiger partial charge in [0.05, 0.1) is 29.3 Å². The van der Waals surface area contributed by atoms with E-state index in [9.17, 15) is 29.6 Å². The number of aryl methyl sites for hydroxylation is 1. The lowest BCUT2D eigenvalue weighted by molar-refractivity contribution is -0.384. The Bertz CT molecular complexity index is 1710. The number of nitro groups is 1. The van der Waals surface area contributed by atoms with Crippen molar-refractivity contribution in [2.45, 2.75) is 19.6 Å². The number of nitrogens with zero attached hydrogens (tertiary/aromatic N) is 3. The lowest BCUT2D eigenvalue weighted by Gasteiger charge is -2.23. The first-order chi connectivity index (χ1) is 20.2. The van der Waals surface area contributed by atoms with Gasteiger partial charge in [-0.15, -0.1) is 0 Å². The minimum absolute atomic E-state index is 0.0297. The van der Waals surface area contributed by atoms with E-state index in [2.05, 4.69) is 4.98 Å². The number of hydrogen-bond donors (Lipinski definition) is 1. The number of aromatic nitrogens is 1. The number of carbonyl (C=O) groups excluding carboxylic acids is 3. The molecule has 1 aliphatic heterocycles. The van der Waals surface area contributed by atoms with Crippen molar-refractivity contribution in [2.75, 3.05) is 12.0 Å². The zero-order chi connectivity index (χ0) is 30.0. The average molecular weight is 586 g/mol. The Morgan fingerprint density at radius 2 is 1.71 bits per heavy atom. The normalized spacial score (nSPS) is 16.0. The largest absolute Gasteiger partial charge is 0.507 e. The lowest BCUT2D eigenvalue weighted by atomic mass is 9.95. The molecule has 0 bridgehead atoms. The standard InChI is InChI=1S/C30H23N3O8S/c1-17-27(29(37)40-2)42-30(31-17)32-24(19-8-12-21(13-9-19)33(38)39)23(26(35)28(32)36)25(34)20-10-14-22(15-11-20)41-16-18-6-4-3-5-7-18/h3-15,24,34H,16H2,1-2H3/b25-23+. The van der Waals surface area contributed by atoms with Gasteiger partial charge in [-0.25, -0.2) is 9.78 Å². The number of Topliss-reactive ketones (excluding diaryl/α,β-unsaturated/α-hetero) is 1. The fourth-order valence-corrected chi connectivity index (χ4v) is 5.51. The summed E-state index contributed by atoms with van der Waals surface area (Å²) in [7, 11) is 1.21. The van der Waals surface area contributed by atoms with Gasteiger partial charge in [-0.1, -0.05) is 41.7 Å². The summed E-state index contributed by atoms with van der Waals surface area (Å²) in [4.78, 5) is 55.3. The molecule has 1 fully saturated rings. The van der Waals surface area contributed by atoms with Gasteiger partial charge in [-0.05, 0) is 54.4 Å². The molecule has 11 nitrogen and oxygen atoms in total. The molecule has 0 aliphatic carbocycles. The number of ether oxygens (including phenoxy) is 2. The molecule has 42 heavy (non-hydrogen) atoms. The number of thiazole rings is 1. The van der Waals surface area contributed by atoms with E-state index in [0.717, 1.165) is 21.8 Å². The lowest BCUT2D eigenvalue weighted by Crippen LogP contribution is -2.29. The first-order valence-corrected chi connectivity index (χ1v) is 13.4. The second-order valence-electron chi connectivity index (χ2n) is 9.22. The van der Waals surface area contributed by atoms with Crippen molar-refractivity contribution in [2.24, 2.45) is 0 Å². The van der Waals surface area contributed by atoms with Crippen LogP contribution in [0.1, 0.15) is 38.1 Å². The maximum Gasteiger partial charge on any atom is 0.350 e. The molecule has 1 atom stereocenters. The Hall–Kier alpha value is -5.36. The molecule has 0 radical (unpaired) electrons. The van der Waals surface area contributed by atoms with Crippen LogP contribution in [0.3, 0.4) is 0 Å². The molecule has 1 N–H and O–H groups in total. The van der Waals surface area contributed by atoms with Crippen LogP contribution in [-0.2, 0) is 20.9 Å². The van der Waals surface area contributed by atoms with Crippen LogP contribution in [0.2, 0.25) is 0 Å². The molecule has 2 heterocycles. The number of esters is 1. The molecular formula is C30H23N3O8S. The molecule has 0 saturated carbocycles. The summed E-state index contributed by atoms with van der Waals surface area (Å²) < 4.78 is 10.6. The van der Waals surface area contributed by atoms with Crippen molar-refractivity contribution in [1.82, 2.24) is 4.98 Å². The summed E-state index contributed by atoms with van der Waals surface area (Å²) in [6.07, 6.45) is 0. The van der Waals surface area contributed by atoms with Gasteiger partial charge < -0.3 is 14.6 Å². The number of amides is 1. The van der Waals surface area contributed by atoms with Crippen molar-refractivity contribution in [1.29, 1.82) is 0 Å². The smallest absolute Gasteiger partial charge is 0.350 e. The summed E-state index contributed by atoms with van der Waals surface area (Å²) >= 11 is 0.855. The maximum atomic E-state index is 13.4. The molecule has 1 aromatic heterocycles. The van der Waals surface area contributed by atoms with E-state index in [0.29, 0.717) is 17.9 Å². The number of carbonyl (C=O) groups is 3. The number of rotatable bonds is 8. The molecule has 1 unspecified atom stereocenters. The molecule has 1 aliphatic rings. The van der Waals surface area contributed by atoms with Crippen LogP contribution in [0.15, 0.2) is 84.4 Å². The van der Waals surface area contributed by atoms with Crippen LogP contribution >= 0.6 is 11.3 Å². The van der Waals surface area contributed by atoms with E-state index < -0.39 is 34.4 Å². The number of methoxy groups -OCH3 is 1.